The summed E-state index contributed by atoms with van der Waals surface area (Å²) in [4.78, 5) is 4.19. The van der Waals surface area contributed by atoms with Crippen LogP contribution in [0.15, 0.2) is 29.8 Å². The average Bonchev–Trinajstić information content (AvgIpc) is 2.61. The van der Waals surface area contributed by atoms with Crippen LogP contribution in [-0.2, 0) is 0 Å². The number of benzene rings is 1. The van der Waals surface area contributed by atoms with Gasteiger partial charge in [0.25, 0.3) is 0 Å². The van der Waals surface area contributed by atoms with E-state index in [4.69, 9.17) is 5.11 Å². The Morgan fingerprint density at radius 2 is 2.38 bits per heavy atom. The van der Waals surface area contributed by atoms with Gasteiger partial charge in [-0.3, -0.25) is 0 Å². The van der Waals surface area contributed by atoms with Gasteiger partial charge in [0, 0.05) is 0 Å². The van der Waals surface area contributed by atoms with E-state index in [-0.39, 0.29) is 6.61 Å². The summed E-state index contributed by atoms with van der Waals surface area (Å²) in [5, 5.41) is 8.60. The van der Waals surface area contributed by atoms with Crippen LogP contribution in [0.2, 0.25) is 0 Å². The molecule has 0 aliphatic heterocycles. The van der Waals surface area contributed by atoms with E-state index in [1.807, 2.05) is 23.7 Å². The first kappa shape index (κ1) is 8.41. The molecule has 0 amide bonds. The second-order valence-electron chi connectivity index (χ2n) is 2.66. The molecule has 13 heavy (non-hydrogen) atoms. The molecule has 1 heterocycles. The van der Waals surface area contributed by atoms with E-state index in [9.17, 15) is 0 Å². The highest BCUT2D eigenvalue weighted by Gasteiger charge is 1.95. The lowest BCUT2D eigenvalue weighted by Gasteiger charge is -1.92. The lowest BCUT2D eigenvalue weighted by molar-refractivity contribution is 0.343. The highest BCUT2D eigenvalue weighted by atomic mass is 32.1. The fourth-order valence-corrected chi connectivity index (χ4v) is 1.89. The van der Waals surface area contributed by atoms with Gasteiger partial charge in [0.2, 0.25) is 0 Å². The topological polar surface area (TPSA) is 33.1 Å². The zero-order chi connectivity index (χ0) is 9.10. The van der Waals surface area contributed by atoms with Gasteiger partial charge in [0.1, 0.15) is 0 Å². The summed E-state index contributed by atoms with van der Waals surface area (Å²) in [6, 6.07) is 6.05. The lowest BCUT2D eigenvalue weighted by atomic mass is 10.2. The first-order valence-electron chi connectivity index (χ1n) is 4.01. The molecule has 0 aliphatic rings. The van der Waals surface area contributed by atoms with Crippen LogP contribution in [0.3, 0.4) is 0 Å². The quantitative estimate of drug-likeness (QED) is 0.790. The maximum absolute atomic E-state index is 8.60. The highest BCUT2D eigenvalue weighted by molar-refractivity contribution is 7.16. The van der Waals surface area contributed by atoms with Crippen molar-refractivity contribution in [2.75, 3.05) is 6.61 Å². The Morgan fingerprint density at radius 1 is 1.46 bits per heavy atom. The van der Waals surface area contributed by atoms with E-state index >= 15 is 0 Å². The summed E-state index contributed by atoms with van der Waals surface area (Å²) in [5.41, 5.74) is 3.97. The van der Waals surface area contributed by atoms with E-state index < -0.39 is 0 Å². The molecular weight excluding hydrogens is 182 g/mol. The molecule has 0 spiro atoms. The second-order valence-corrected chi connectivity index (χ2v) is 3.55. The van der Waals surface area contributed by atoms with Crippen LogP contribution < -0.4 is 0 Å². The van der Waals surface area contributed by atoms with Gasteiger partial charge < -0.3 is 5.11 Å². The fraction of sp³-hybridized carbons (Fsp3) is 0.100. The monoisotopic (exact) mass is 191 g/mol. The molecule has 1 N–H and O–H groups in total. The van der Waals surface area contributed by atoms with Crippen LogP contribution in [0.1, 0.15) is 5.56 Å². The normalized spacial score (nSPS) is 11.5. The standard InChI is InChI=1S/C10H9NOS/c12-5-1-2-8-3-4-9-10(6-8)13-7-11-9/h1-4,6-7,12H,5H2. The van der Waals surface area contributed by atoms with Gasteiger partial charge in [0.15, 0.2) is 0 Å². The Morgan fingerprint density at radius 3 is 3.23 bits per heavy atom. The van der Waals surface area contributed by atoms with Crippen molar-refractivity contribution in [3.63, 3.8) is 0 Å². The number of hydrogen-bond donors (Lipinski definition) is 1. The third-order valence-corrected chi connectivity index (χ3v) is 2.56. The van der Waals surface area contributed by atoms with Crippen molar-refractivity contribution in [1.82, 2.24) is 4.98 Å². The zero-order valence-corrected chi connectivity index (χ0v) is 7.79. The number of aliphatic hydroxyl groups excluding tert-OH is 1. The molecule has 0 aliphatic carbocycles. The van der Waals surface area contributed by atoms with E-state index in [2.05, 4.69) is 11.1 Å². The summed E-state index contributed by atoms with van der Waals surface area (Å²) >= 11 is 1.63. The fourth-order valence-electron chi connectivity index (χ4n) is 1.16. The van der Waals surface area contributed by atoms with Crippen LogP contribution in [0.25, 0.3) is 16.3 Å². The number of fused-ring (bicyclic) bond motifs is 1. The molecule has 0 atom stereocenters. The number of nitrogens with zero attached hydrogens (tertiary/aromatic N) is 1. The number of thiazole rings is 1. The van der Waals surface area contributed by atoms with E-state index in [1.54, 1.807) is 17.4 Å². The number of aromatic nitrogens is 1. The zero-order valence-electron chi connectivity index (χ0n) is 6.97. The first-order valence-corrected chi connectivity index (χ1v) is 4.89. The number of hydrogen-bond acceptors (Lipinski definition) is 3. The van der Waals surface area contributed by atoms with Crippen LogP contribution in [0.5, 0.6) is 0 Å². The van der Waals surface area contributed by atoms with Crippen molar-refractivity contribution in [2.45, 2.75) is 0 Å². The summed E-state index contributed by atoms with van der Waals surface area (Å²) in [5.74, 6) is 0. The van der Waals surface area contributed by atoms with Crippen molar-refractivity contribution < 1.29 is 5.11 Å². The van der Waals surface area contributed by atoms with Crippen molar-refractivity contribution in [2.24, 2.45) is 0 Å². The van der Waals surface area contributed by atoms with Gasteiger partial charge in [-0.2, -0.15) is 0 Å². The summed E-state index contributed by atoms with van der Waals surface area (Å²) in [6.45, 7) is 0.0841. The van der Waals surface area contributed by atoms with Crippen molar-refractivity contribution in [3.8, 4) is 0 Å². The predicted octanol–water partition coefficient (Wildman–Crippen LogP) is 2.30. The van der Waals surface area contributed by atoms with Gasteiger partial charge in [-0.25, -0.2) is 4.98 Å². The molecule has 0 unspecified atom stereocenters. The lowest BCUT2D eigenvalue weighted by Crippen LogP contribution is -1.74. The maximum atomic E-state index is 8.60. The molecule has 3 heteroatoms. The third kappa shape index (κ3) is 1.76. The van der Waals surface area contributed by atoms with Crippen molar-refractivity contribution >= 4 is 27.6 Å². The van der Waals surface area contributed by atoms with Crippen LogP contribution in [-0.4, -0.2) is 16.7 Å². The van der Waals surface area contributed by atoms with Gasteiger partial charge in [0.05, 0.1) is 22.3 Å². The number of aliphatic hydroxyl groups is 1. The second kappa shape index (κ2) is 3.68. The minimum atomic E-state index is 0.0841. The average molecular weight is 191 g/mol. The molecule has 2 aromatic rings. The summed E-state index contributed by atoms with van der Waals surface area (Å²) in [6.07, 6.45) is 3.63. The van der Waals surface area contributed by atoms with Crippen molar-refractivity contribution in [1.29, 1.82) is 0 Å². The molecule has 0 radical (unpaired) electrons. The van der Waals surface area contributed by atoms with E-state index in [1.165, 1.54) is 4.70 Å². The largest absolute Gasteiger partial charge is 0.392 e. The molecule has 0 saturated heterocycles. The van der Waals surface area contributed by atoms with Crippen LogP contribution in [0, 0.1) is 0 Å². The van der Waals surface area contributed by atoms with E-state index in [0.717, 1.165) is 11.1 Å². The minimum absolute atomic E-state index is 0.0841. The predicted molar refractivity (Wildman–Crippen MR) is 55.7 cm³/mol. The molecule has 0 saturated carbocycles. The molecule has 1 aromatic heterocycles. The van der Waals surface area contributed by atoms with Crippen LogP contribution >= 0.6 is 11.3 Å². The van der Waals surface area contributed by atoms with Gasteiger partial charge in [-0.05, 0) is 17.7 Å². The Hall–Kier alpha value is -1.19. The van der Waals surface area contributed by atoms with Crippen LogP contribution in [0.4, 0.5) is 0 Å². The Kier molecular flexibility index (Phi) is 2.38. The van der Waals surface area contributed by atoms with Gasteiger partial charge in [-0.15, -0.1) is 11.3 Å². The number of rotatable bonds is 2. The van der Waals surface area contributed by atoms with Gasteiger partial charge >= 0.3 is 0 Å². The molecule has 66 valence electrons. The Labute approximate surface area is 80.2 Å². The Balaban J connectivity index is 2.42. The highest BCUT2D eigenvalue weighted by Crippen LogP contribution is 2.19. The molecular formula is C10H9NOS. The molecule has 0 bridgehead atoms. The van der Waals surface area contributed by atoms with Gasteiger partial charge in [-0.1, -0.05) is 18.2 Å². The first-order chi connectivity index (χ1) is 6.40. The molecule has 2 rings (SSSR count). The van der Waals surface area contributed by atoms with E-state index in [0.29, 0.717) is 0 Å². The summed E-state index contributed by atoms with van der Waals surface area (Å²) < 4.78 is 1.18. The Bertz CT molecular complexity index is 433. The molecule has 2 nitrogen and oxygen atoms in total. The maximum Gasteiger partial charge on any atom is 0.0812 e. The molecule has 1 aromatic carbocycles. The third-order valence-electron chi connectivity index (χ3n) is 1.77. The molecule has 0 fully saturated rings. The SMILES string of the molecule is OCC=Cc1ccc2ncsc2c1. The van der Waals surface area contributed by atoms with Crippen molar-refractivity contribution in [3.05, 3.63) is 35.3 Å². The smallest absolute Gasteiger partial charge is 0.0812 e. The summed E-state index contributed by atoms with van der Waals surface area (Å²) in [7, 11) is 0. The minimum Gasteiger partial charge on any atom is -0.392 e.